The van der Waals surface area contributed by atoms with E-state index >= 15 is 0 Å². The molecule has 0 bridgehead atoms. The summed E-state index contributed by atoms with van der Waals surface area (Å²) in [6.07, 6.45) is -2.07. The second-order valence-corrected chi connectivity index (χ2v) is 7.83. The number of carbonyl (C=O) groups is 1. The second kappa shape index (κ2) is 6.98. The predicted molar refractivity (Wildman–Crippen MR) is 93.5 cm³/mol. The maximum Gasteiger partial charge on any atom is 0.417 e. The van der Waals surface area contributed by atoms with Crippen molar-refractivity contribution in [3.8, 4) is 0 Å². The van der Waals surface area contributed by atoms with Gasteiger partial charge in [-0.25, -0.2) is 4.98 Å². The van der Waals surface area contributed by atoms with E-state index in [4.69, 9.17) is 4.52 Å². The molecule has 2 aromatic rings. The quantitative estimate of drug-likeness (QED) is 0.796. The minimum Gasteiger partial charge on any atom is -0.361 e. The van der Waals surface area contributed by atoms with Crippen LogP contribution in [0.1, 0.15) is 50.6 Å². The zero-order chi connectivity index (χ0) is 19.8. The molecule has 0 spiro atoms. The first-order valence-electron chi connectivity index (χ1n) is 8.84. The fraction of sp³-hybridized carbons (Fsp3) is 0.526. The number of halogens is 3. The monoisotopic (exact) mass is 381 g/mol. The van der Waals surface area contributed by atoms with Gasteiger partial charge in [0.2, 0.25) is 0 Å². The van der Waals surface area contributed by atoms with Gasteiger partial charge in [0.05, 0.1) is 23.7 Å². The van der Waals surface area contributed by atoms with Crippen LogP contribution < -0.4 is 4.90 Å². The van der Waals surface area contributed by atoms with Gasteiger partial charge in [-0.15, -0.1) is 0 Å². The van der Waals surface area contributed by atoms with Crippen molar-refractivity contribution in [1.29, 1.82) is 0 Å². The third-order valence-electron chi connectivity index (χ3n) is 4.65. The maximum atomic E-state index is 12.8. The SMILES string of the molecule is CC(C)(C)c1cc(CC(=O)[C@@H]2CCCN2c2ccc(C(F)(F)F)cn2)no1. The van der Waals surface area contributed by atoms with E-state index in [1.807, 2.05) is 20.8 Å². The smallest absolute Gasteiger partial charge is 0.361 e. The van der Waals surface area contributed by atoms with E-state index in [-0.39, 0.29) is 17.6 Å². The highest BCUT2D eigenvalue weighted by atomic mass is 19.4. The van der Waals surface area contributed by atoms with Crippen LogP contribution in [0.15, 0.2) is 28.9 Å². The van der Waals surface area contributed by atoms with E-state index < -0.39 is 17.8 Å². The van der Waals surface area contributed by atoms with Crippen molar-refractivity contribution >= 4 is 11.6 Å². The van der Waals surface area contributed by atoms with Crippen molar-refractivity contribution in [2.45, 2.75) is 57.7 Å². The van der Waals surface area contributed by atoms with Crippen molar-refractivity contribution in [2.24, 2.45) is 0 Å². The van der Waals surface area contributed by atoms with Crippen molar-refractivity contribution in [3.05, 3.63) is 41.4 Å². The van der Waals surface area contributed by atoms with Crippen LogP contribution in [-0.2, 0) is 22.8 Å². The second-order valence-electron chi connectivity index (χ2n) is 7.83. The van der Waals surface area contributed by atoms with Gasteiger partial charge in [-0.1, -0.05) is 25.9 Å². The number of hydrogen-bond acceptors (Lipinski definition) is 5. The molecule has 1 aliphatic heterocycles. The van der Waals surface area contributed by atoms with Crippen LogP contribution in [0.3, 0.4) is 0 Å². The lowest BCUT2D eigenvalue weighted by Crippen LogP contribution is -2.37. The van der Waals surface area contributed by atoms with Crippen molar-refractivity contribution in [2.75, 3.05) is 11.4 Å². The largest absolute Gasteiger partial charge is 0.417 e. The molecule has 0 unspecified atom stereocenters. The van der Waals surface area contributed by atoms with Gasteiger partial charge < -0.3 is 9.42 Å². The number of alkyl halides is 3. The number of nitrogens with zero attached hydrogens (tertiary/aromatic N) is 3. The van der Waals surface area contributed by atoms with E-state index in [0.717, 1.165) is 18.7 Å². The van der Waals surface area contributed by atoms with E-state index in [1.165, 1.54) is 6.07 Å². The molecule has 0 saturated carbocycles. The highest BCUT2D eigenvalue weighted by Crippen LogP contribution is 2.31. The molecule has 8 heteroatoms. The average molecular weight is 381 g/mol. The molecule has 0 aromatic carbocycles. The first-order chi connectivity index (χ1) is 12.6. The van der Waals surface area contributed by atoms with Gasteiger partial charge in [0.25, 0.3) is 0 Å². The molecule has 3 heterocycles. The molecule has 0 aliphatic carbocycles. The fourth-order valence-corrected chi connectivity index (χ4v) is 3.14. The molecule has 27 heavy (non-hydrogen) atoms. The number of pyridine rings is 1. The van der Waals surface area contributed by atoms with Crippen LogP contribution >= 0.6 is 0 Å². The molecule has 146 valence electrons. The number of carbonyl (C=O) groups excluding carboxylic acids is 1. The molecule has 0 N–H and O–H groups in total. The number of Topliss-reactive ketones (excluding diaryl/α,β-unsaturated/α-hetero) is 1. The van der Waals surface area contributed by atoms with E-state index in [1.54, 1.807) is 11.0 Å². The summed E-state index contributed by atoms with van der Waals surface area (Å²) in [5.41, 5.74) is -0.430. The zero-order valence-electron chi connectivity index (χ0n) is 15.5. The number of ketones is 1. The molecule has 0 amide bonds. The summed E-state index contributed by atoms with van der Waals surface area (Å²) < 4.78 is 43.4. The molecular weight excluding hydrogens is 359 g/mol. The molecular formula is C19H22F3N3O2. The van der Waals surface area contributed by atoms with Crippen LogP contribution in [-0.4, -0.2) is 28.5 Å². The lowest BCUT2D eigenvalue weighted by atomic mass is 9.93. The van der Waals surface area contributed by atoms with Gasteiger partial charge in [0.1, 0.15) is 11.6 Å². The topological polar surface area (TPSA) is 59.2 Å². The van der Waals surface area contributed by atoms with E-state index in [9.17, 15) is 18.0 Å². The summed E-state index contributed by atoms with van der Waals surface area (Å²) >= 11 is 0. The lowest BCUT2D eigenvalue weighted by Gasteiger charge is -2.24. The Labute approximate surface area is 155 Å². The van der Waals surface area contributed by atoms with Gasteiger partial charge in [0, 0.05) is 24.2 Å². The van der Waals surface area contributed by atoms with Gasteiger partial charge in [-0.05, 0) is 25.0 Å². The number of aromatic nitrogens is 2. The molecule has 3 rings (SSSR count). The van der Waals surface area contributed by atoms with Gasteiger partial charge >= 0.3 is 6.18 Å². The van der Waals surface area contributed by atoms with Crippen LogP contribution in [0.2, 0.25) is 0 Å². The van der Waals surface area contributed by atoms with Gasteiger partial charge in [-0.2, -0.15) is 13.2 Å². The zero-order valence-corrected chi connectivity index (χ0v) is 15.5. The number of anilines is 1. The Morgan fingerprint density at radius 3 is 2.59 bits per heavy atom. The van der Waals surface area contributed by atoms with E-state index in [2.05, 4.69) is 10.1 Å². The first-order valence-corrected chi connectivity index (χ1v) is 8.84. The molecule has 5 nitrogen and oxygen atoms in total. The normalized spacial score (nSPS) is 18.1. The minimum atomic E-state index is -4.43. The van der Waals surface area contributed by atoms with Crippen LogP contribution in [0.5, 0.6) is 0 Å². The highest BCUT2D eigenvalue weighted by Gasteiger charge is 2.34. The minimum absolute atomic E-state index is 0.0389. The third-order valence-corrected chi connectivity index (χ3v) is 4.65. The van der Waals surface area contributed by atoms with Crippen molar-refractivity contribution < 1.29 is 22.5 Å². The molecule has 2 aromatic heterocycles. The summed E-state index contributed by atoms with van der Waals surface area (Å²) in [5, 5.41) is 3.98. The van der Waals surface area contributed by atoms with Gasteiger partial charge in [-0.3, -0.25) is 4.79 Å². The Hall–Kier alpha value is -2.38. The average Bonchev–Trinajstić information content (AvgIpc) is 3.22. The Balaban J connectivity index is 1.72. The van der Waals surface area contributed by atoms with E-state index in [0.29, 0.717) is 30.2 Å². The third kappa shape index (κ3) is 4.31. The summed E-state index contributed by atoms with van der Waals surface area (Å²) in [5.74, 6) is 1.05. The predicted octanol–water partition coefficient (Wildman–Crippen LogP) is 4.17. The number of rotatable bonds is 4. The van der Waals surface area contributed by atoms with Gasteiger partial charge in [0.15, 0.2) is 5.78 Å². The van der Waals surface area contributed by atoms with Crippen LogP contribution in [0, 0.1) is 0 Å². The Morgan fingerprint density at radius 1 is 1.30 bits per heavy atom. The maximum absolute atomic E-state index is 12.8. The van der Waals surface area contributed by atoms with Crippen molar-refractivity contribution in [3.63, 3.8) is 0 Å². The highest BCUT2D eigenvalue weighted by molar-refractivity contribution is 5.89. The fourth-order valence-electron chi connectivity index (χ4n) is 3.14. The van der Waals surface area contributed by atoms with Crippen LogP contribution in [0.4, 0.5) is 19.0 Å². The summed E-state index contributed by atoms with van der Waals surface area (Å²) in [4.78, 5) is 18.4. The Morgan fingerprint density at radius 2 is 2.04 bits per heavy atom. The van der Waals surface area contributed by atoms with Crippen molar-refractivity contribution in [1.82, 2.24) is 10.1 Å². The summed E-state index contributed by atoms with van der Waals surface area (Å²) in [6, 6.07) is 3.69. The summed E-state index contributed by atoms with van der Waals surface area (Å²) in [6.45, 7) is 6.57. The molecule has 1 aliphatic rings. The standard InChI is InChI=1S/C19H22F3N3O2/c1-18(2,3)16-10-13(24-27-16)9-15(26)14-5-4-8-25(14)17-7-6-12(11-23-17)19(20,21)22/h6-7,10-11,14H,4-5,8-9H2,1-3H3/t14-/m0/s1. The van der Waals surface area contributed by atoms with Crippen LogP contribution in [0.25, 0.3) is 0 Å². The lowest BCUT2D eigenvalue weighted by molar-refractivity contribution is -0.137. The molecule has 1 fully saturated rings. The first kappa shape index (κ1) is 19.4. The molecule has 0 radical (unpaired) electrons. The Kier molecular flexibility index (Phi) is 5.01. The summed E-state index contributed by atoms with van der Waals surface area (Å²) in [7, 11) is 0. The Bertz CT molecular complexity index is 807. The molecule has 1 atom stereocenters. The number of hydrogen-bond donors (Lipinski definition) is 0. The molecule has 1 saturated heterocycles.